The van der Waals surface area contributed by atoms with Gasteiger partial charge in [0.25, 0.3) is 0 Å². The van der Waals surface area contributed by atoms with Crippen LogP contribution in [0, 0.1) is 5.82 Å². The summed E-state index contributed by atoms with van der Waals surface area (Å²) in [6.07, 6.45) is 7.08. The smallest absolute Gasteiger partial charge is 0.123 e. The van der Waals surface area contributed by atoms with E-state index in [9.17, 15) is 4.39 Å². The summed E-state index contributed by atoms with van der Waals surface area (Å²) < 4.78 is 13.1. The number of unbranched alkanes of at least 4 members (excludes halogenated alkanes) is 3. The number of halogens is 1. The Labute approximate surface area is 100 Å². The molecule has 17 heavy (non-hydrogen) atoms. The summed E-state index contributed by atoms with van der Waals surface area (Å²) >= 11 is 0. The maximum atomic E-state index is 13.1. The maximum Gasteiger partial charge on any atom is 0.123 e. The fourth-order valence-electron chi connectivity index (χ4n) is 2.14. The number of hydrogen-bond donors (Lipinski definition) is 2. The molecule has 2 nitrogen and oxygen atoms in total. The Hall–Kier alpha value is -1.35. The van der Waals surface area contributed by atoms with Crippen LogP contribution in [0.25, 0.3) is 10.9 Å². The lowest BCUT2D eigenvalue weighted by Gasteiger charge is -2.00. The van der Waals surface area contributed by atoms with Gasteiger partial charge in [-0.3, -0.25) is 0 Å². The summed E-state index contributed by atoms with van der Waals surface area (Å²) in [4.78, 5) is 3.16. The van der Waals surface area contributed by atoms with Crippen LogP contribution in [-0.2, 0) is 6.42 Å². The second-order valence-corrected chi connectivity index (χ2v) is 4.39. The lowest BCUT2D eigenvalue weighted by molar-refractivity contribution is 0.282. The van der Waals surface area contributed by atoms with Crippen LogP contribution in [-0.4, -0.2) is 16.7 Å². The molecule has 0 fully saturated rings. The summed E-state index contributed by atoms with van der Waals surface area (Å²) in [6, 6.07) is 4.85. The van der Waals surface area contributed by atoms with Crippen molar-refractivity contribution in [3.05, 3.63) is 35.8 Å². The maximum absolute atomic E-state index is 13.1. The number of aliphatic hydroxyl groups excluding tert-OH is 1. The quantitative estimate of drug-likeness (QED) is 0.740. The third-order valence-electron chi connectivity index (χ3n) is 3.08. The van der Waals surface area contributed by atoms with Crippen LogP contribution in [0.4, 0.5) is 4.39 Å². The number of benzene rings is 1. The first-order chi connectivity index (χ1) is 8.31. The number of hydrogen-bond acceptors (Lipinski definition) is 1. The van der Waals surface area contributed by atoms with Crippen LogP contribution in [0.1, 0.15) is 31.2 Å². The van der Waals surface area contributed by atoms with Crippen molar-refractivity contribution < 1.29 is 9.50 Å². The monoisotopic (exact) mass is 235 g/mol. The number of aliphatic hydroxyl groups is 1. The van der Waals surface area contributed by atoms with Gasteiger partial charge in [-0.1, -0.05) is 12.8 Å². The van der Waals surface area contributed by atoms with E-state index >= 15 is 0 Å². The number of rotatable bonds is 6. The van der Waals surface area contributed by atoms with Gasteiger partial charge in [-0.25, -0.2) is 4.39 Å². The number of fused-ring (bicyclic) bond motifs is 1. The van der Waals surface area contributed by atoms with Gasteiger partial charge in [-0.15, -0.1) is 0 Å². The molecule has 0 saturated heterocycles. The normalized spacial score (nSPS) is 11.2. The van der Waals surface area contributed by atoms with Crippen molar-refractivity contribution >= 4 is 10.9 Å². The molecule has 0 radical (unpaired) electrons. The number of aromatic nitrogens is 1. The molecule has 2 aromatic rings. The highest BCUT2D eigenvalue weighted by Gasteiger charge is 2.04. The molecule has 0 saturated carbocycles. The molecule has 1 heterocycles. The van der Waals surface area contributed by atoms with Gasteiger partial charge in [-0.05, 0) is 43.0 Å². The Morgan fingerprint density at radius 1 is 1.12 bits per heavy atom. The number of nitrogens with one attached hydrogen (secondary N) is 1. The SMILES string of the molecule is OCCCCCCc1c[nH]c2ccc(F)cc12. The topological polar surface area (TPSA) is 36.0 Å². The summed E-state index contributed by atoms with van der Waals surface area (Å²) in [5.41, 5.74) is 2.18. The van der Waals surface area contributed by atoms with Crippen LogP contribution < -0.4 is 0 Å². The van der Waals surface area contributed by atoms with E-state index in [2.05, 4.69) is 4.98 Å². The molecule has 2 rings (SSSR count). The summed E-state index contributed by atoms with van der Waals surface area (Å²) in [6.45, 7) is 0.276. The summed E-state index contributed by atoms with van der Waals surface area (Å²) in [5, 5.41) is 9.67. The molecule has 0 aliphatic rings. The lowest BCUT2D eigenvalue weighted by Crippen LogP contribution is -1.87. The van der Waals surface area contributed by atoms with Gasteiger partial charge in [0.1, 0.15) is 5.82 Å². The largest absolute Gasteiger partial charge is 0.396 e. The van der Waals surface area contributed by atoms with Crippen LogP contribution in [0.15, 0.2) is 24.4 Å². The van der Waals surface area contributed by atoms with E-state index in [0.717, 1.165) is 43.0 Å². The van der Waals surface area contributed by atoms with E-state index in [4.69, 9.17) is 5.11 Å². The van der Waals surface area contributed by atoms with Gasteiger partial charge < -0.3 is 10.1 Å². The minimum atomic E-state index is -0.182. The molecular weight excluding hydrogens is 217 g/mol. The van der Waals surface area contributed by atoms with Crippen LogP contribution >= 0.6 is 0 Å². The fourth-order valence-corrected chi connectivity index (χ4v) is 2.14. The summed E-state index contributed by atoms with van der Waals surface area (Å²) in [7, 11) is 0. The van der Waals surface area contributed by atoms with Gasteiger partial charge in [0.05, 0.1) is 0 Å². The molecule has 1 aromatic carbocycles. The molecule has 0 aliphatic heterocycles. The van der Waals surface area contributed by atoms with Crippen molar-refractivity contribution in [1.82, 2.24) is 4.98 Å². The van der Waals surface area contributed by atoms with E-state index in [0.29, 0.717) is 0 Å². The Bertz CT molecular complexity index is 478. The van der Waals surface area contributed by atoms with Crippen molar-refractivity contribution in [1.29, 1.82) is 0 Å². The van der Waals surface area contributed by atoms with Gasteiger partial charge >= 0.3 is 0 Å². The first kappa shape index (κ1) is 12.1. The second-order valence-electron chi connectivity index (χ2n) is 4.39. The van der Waals surface area contributed by atoms with E-state index in [1.807, 2.05) is 6.20 Å². The van der Waals surface area contributed by atoms with E-state index in [1.54, 1.807) is 12.1 Å². The zero-order chi connectivity index (χ0) is 12.1. The molecule has 2 N–H and O–H groups in total. The van der Waals surface area contributed by atoms with Crippen molar-refractivity contribution in [2.45, 2.75) is 32.1 Å². The molecule has 3 heteroatoms. The molecular formula is C14H18FNO. The standard InChI is InChI=1S/C14H18FNO/c15-12-6-7-14-13(9-12)11(10-16-14)5-3-1-2-4-8-17/h6-7,9-10,16-17H,1-5,8H2. The number of aromatic amines is 1. The Balaban J connectivity index is 1.96. The minimum Gasteiger partial charge on any atom is -0.396 e. The molecule has 0 amide bonds. The highest BCUT2D eigenvalue weighted by molar-refractivity contribution is 5.83. The van der Waals surface area contributed by atoms with Gasteiger partial charge in [0.15, 0.2) is 0 Å². The van der Waals surface area contributed by atoms with Crippen molar-refractivity contribution in [2.75, 3.05) is 6.61 Å². The van der Waals surface area contributed by atoms with Gasteiger partial charge in [0.2, 0.25) is 0 Å². The van der Waals surface area contributed by atoms with Gasteiger partial charge in [0, 0.05) is 23.7 Å². The third kappa shape index (κ3) is 3.07. The third-order valence-corrected chi connectivity index (χ3v) is 3.08. The Morgan fingerprint density at radius 2 is 1.94 bits per heavy atom. The second kappa shape index (κ2) is 5.82. The minimum absolute atomic E-state index is 0.182. The van der Waals surface area contributed by atoms with Crippen LogP contribution in [0.2, 0.25) is 0 Å². The van der Waals surface area contributed by atoms with Crippen molar-refractivity contribution in [3.63, 3.8) is 0 Å². The van der Waals surface area contributed by atoms with E-state index in [-0.39, 0.29) is 12.4 Å². The molecule has 92 valence electrons. The molecule has 0 spiro atoms. The summed E-state index contributed by atoms with van der Waals surface area (Å²) in [5.74, 6) is -0.182. The number of aryl methyl sites for hydroxylation is 1. The highest BCUT2D eigenvalue weighted by Crippen LogP contribution is 2.21. The molecule has 1 aromatic heterocycles. The van der Waals surface area contributed by atoms with Crippen molar-refractivity contribution in [3.8, 4) is 0 Å². The van der Waals surface area contributed by atoms with E-state index in [1.165, 1.54) is 11.6 Å². The Kier molecular flexibility index (Phi) is 4.15. The first-order valence-electron chi connectivity index (χ1n) is 6.17. The molecule has 0 atom stereocenters. The first-order valence-corrected chi connectivity index (χ1v) is 6.17. The number of H-pyrrole nitrogens is 1. The Morgan fingerprint density at radius 3 is 2.76 bits per heavy atom. The highest BCUT2D eigenvalue weighted by atomic mass is 19.1. The lowest BCUT2D eigenvalue weighted by atomic mass is 10.1. The molecule has 0 unspecified atom stereocenters. The molecule has 0 aliphatic carbocycles. The zero-order valence-electron chi connectivity index (χ0n) is 9.88. The average Bonchev–Trinajstić information content (AvgIpc) is 2.72. The average molecular weight is 235 g/mol. The van der Waals surface area contributed by atoms with Crippen LogP contribution in [0.5, 0.6) is 0 Å². The van der Waals surface area contributed by atoms with Gasteiger partial charge in [-0.2, -0.15) is 0 Å². The van der Waals surface area contributed by atoms with Crippen LogP contribution in [0.3, 0.4) is 0 Å². The zero-order valence-corrected chi connectivity index (χ0v) is 9.88. The fraction of sp³-hybridized carbons (Fsp3) is 0.429. The molecule has 0 bridgehead atoms. The van der Waals surface area contributed by atoms with Crippen molar-refractivity contribution in [2.24, 2.45) is 0 Å². The van der Waals surface area contributed by atoms with E-state index < -0.39 is 0 Å². The predicted molar refractivity (Wildman–Crippen MR) is 67.5 cm³/mol. The predicted octanol–water partition coefficient (Wildman–Crippen LogP) is 3.40.